The molecule has 0 aliphatic rings. The van der Waals surface area contributed by atoms with Crippen LogP contribution in [-0.4, -0.2) is 26.6 Å². The van der Waals surface area contributed by atoms with Gasteiger partial charge in [-0.2, -0.15) is 0 Å². The van der Waals surface area contributed by atoms with Gasteiger partial charge in [0.2, 0.25) is 0 Å². The number of pyridine rings is 2. The lowest BCUT2D eigenvalue weighted by Crippen LogP contribution is -2.23. The average molecular weight is 335 g/mol. The van der Waals surface area contributed by atoms with Crippen molar-refractivity contribution in [3.63, 3.8) is 0 Å². The van der Waals surface area contributed by atoms with Crippen molar-refractivity contribution in [2.24, 2.45) is 0 Å². The molecule has 3 heterocycles. The standard InChI is InChI=1S/C14H8Cl2N4O2/c15-9-5-17-6-10(16)11(9)20-14(22)12(21)8-4-19-13-7(8)2-1-3-18-13/h1-6H,(H,18,19)(H,17,20,22). The summed E-state index contributed by atoms with van der Waals surface area (Å²) in [7, 11) is 0. The fourth-order valence-electron chi connectivity index (χ4n) is 1.97. The first-order valence-electron chi connectivity index (χ1n) is 6.14. The number of carbonyl (C=O) groups is 2. The zero-order valence-corrected chi connectivity index (χ0v) is 12.4. The van der Waals surface area contributed by atoms with Crippen molar-refractivity contribution in [2.45, 2.75) is 0 Å². The van der Waals surface area contributed by atoms with Crippen LogP contribution in [0.1, 0.15) is 10.4 Å². The number of rotatable bonds is 3. The lowest BCUT2D eigenvalue weighted by molar-refractivity contribution is -0.112. The molecule has 3 aromatic heterocycles. The number of H-pyrrole nitrogens is 1. The van der Waals surface area contributed by atoms with Crippen molar-refractivity contribution in [3.05, 3.63) is 52.5 Å². The molecule has 22 heavy (non-hydrogen) atoms. The van der Waals surface area contributed by atoms with Crippen LogP contribution in [0, 0.1) is 0 Å². The molecule has 1 amide bonds. The number of carbonyl (C=O) groups excluding carboxylic acids is 2. The summed E-state index contributed by atoms with van der Waals surface area (Å²) in [5.41, 5.74) is 0.898. The molecule has 0 saturated carbocycles. The van der Waals surface area contributed by atoms with Gasteiger partial charge in [-0.1, -0.05) is 23.2 Å². The molecule has 8 heteroatoms. The highest BCUT2D eigenvalue weighted by atomic mass is 35.5. The third-order valence-corrected chi connectivity index (χ3v) is 3.57. The lowest BCUT2D eigenvalue weighted by Gasteiger charge is -2.07. The Kier molecular flexibility index (Phi) is 3.79. The second-order valence-electron chi connectivity index (χ2n) is 4.36. The zero-order valence-electron chi connectivity index (χ0n) is 10.9. The third-order valence-electron chi connectivity index (χ3n) is 2.99. The van der Waals surface area contributed by atoms with Crippen molar-refractivity contribution in [1.82, 2.24) is 15.0 Å². The Morgan fingerprint density at radius 2 is 1.91 bits per heavy atom. The molecule has 0 atom stereocenters. The van der Waals surface area contributed by atoms with Crippen LogP contribution in [0.4, 0.5) is 5.69 Å². The monoisotopic (exact) mass is 334 g/mol. The Labute approximate surface area is 134 Å². The van der Waals surface area contributed by atoms with E-state index in [4.69, 9.17) is 23.2 Å². The molecule has 110 valence electrons. The van der Waals surface area contributed by atoms with Gasteiger partial charge in [0.25, 0.3) is 11.7 Å². The number of fused-ring (bicyclic) bond motifs is 1. The predicted molar refractivity (Wildman–Crippen MR) is 83.3 cm³/mol. The number of anilines is 1. The summed E-state index contributed by atoms with van der Waals surface area (Å²) in [5, 5.41) is 3.26. The summed E-state index contributed by atoms with van der Waals surface area (Å²) in [6.07, 6.45) is 5.67. The summed E-state index contributed by atoms with van der Waals surface area (Å²) in [5.74, 6) is -1.57. The van der Waals surface area contributed by atoms with Crippen molar-refractivity contribution >= 4 is 51.6 Å². The Bertz CT molecular complexity index is 871. The largest absolute Gasteiger partial charge is 0.345 e. The quantitative estimate of drug-likeness (QED) is 0.569. The van der Waals surface area contributed by atoms with Crippen LogP contribution in [0.15, 0.2) is 36.9 Å². The summed E-state index contributed by atoms with van der Waals surface area (Å²) in [6.45, 7) is 0. The van der Waals surface area contributed by atoms with Gasteiger partial charge in [-0.15, -0.1) is 0 Å². The van der Waals surface area contributed by atoms with Gasteiger partial charge in [0, 0.05) is 30.2 Å². The summed E-state index contributed by atoms with van der Waals surface area (Å²) < 4.78 is 0. The van der Waals surface area contributed by atoms with E-state index in [9.17, 15) is 9.59 Å². The number of halogens is 2. The fourth-order valence-corrected chi connectivity index (χ4v) is 2.43. The van der Waals surface area contributed by atoms with Gasteiger partial charge >= 0.3 is 0 Å². The van der Waals surface area contributed by atoms with Gasteiger partial charge < -0.3 is 10.3 Å². The van der Waals surface area contributed by atoms with E-state index in [0.717, 1.165) is 0 Å². The van der Waals surface area contributed by atoms with Crippen LogP contribution in [0.5, 0.6) is 0 Å². The smallest absolute Gasteiger partial charge is 0.296 e. The topological polar surface area (TPSA) is 87.7 Å². The predicted octanol–water partition coefficient (Wildman–Crippen LogP) is 3.09. The van der Waals surface area contributed by atoms with Crippen LogP contribution >= 0.6 is 23.2 Å². The number of nitrogens with zero attached hydrogens (tertiary/aromatic N) is 2. The Balaban J connectivity index is 1.91. The third kappa shape index (κ3) is 2.54. The van der Waals surface area contributed by atoms with E-state index >= 15 is 0 Å². The van der Waals surface area contributed by atoms with Crippen molar-refractivity contribution in [3.8, 4) is 0 Å². The molecule has 0 aliphatic heterocycles. The number of aromatic amines is 1. The van der Waals surface area contributed by atoms with E-state index in [1.807, 2.05) is 0 Å². The van der Waals surface area contributed by atoms with Gasteiger partial charge in [0.05, 0.1) is 21.3 Å². The molecule has 6 nitrogen and oxygen atoms in total. The number of Topliss-reactive ketones (excluding diaryl/α,β-unsaturated/α-hetero) is 1. The second-order valence-corrected chi connectivity index (χ2v) is 5.18. The summed E-state index contributed by atoms with van der Waals surface area (Å²) in [4.78, 5) is 35.1. The molecule has 0 bridgehead atoms. The van der Waals surface area contributed by atoms with Gasteiger partial charge in [0.1, 0.15) is 5.65 Å². The minimum Gasteiger partial charge on any atom is -0.345 e. The van der Waals surface area contributed by atoms with E-state index in [1.54, 1.807) is 18.3 Å². The number of ketones is 1. The number of nitrogens with one attached hydrogen (secondary N) is 2. The van der Waals surface area contributed by atoms with Crippen LogP contribution in [0.25, 0.3) is 11.0 Å². The maximum atomic E-state index is 12.3. The summed E-state index contributed by atoms with van der Waals surface area (Å²) in [6, 6.07) is 3.38. The van der Waals surface area contributed by atoms with Gasteiger partial charge in [-0.25, -0.2) is 4.98 Å². The number of hydrogen-bond acceptors (Lipinski definition) is 4. The lowest BCUT2D eigenvalue weighted by atomic mass is 10.1. The normalized spacial score (nSPS) is 10.6. The molecule has 0 fully saturated rings. The van der Waals surface area contributed by atoms with E-state index in [-0.39, 0.29) is 21.3 Å². The maximum absolute atomic E-state index is 12.3. The van der Waals surface area contributed by atoms with E-state index in [0.29, 0.717) is 11.0 Å². The first-order chi connectivity index (χ1) is 10.6. The van der Waals surface area contributed by atoms with Gasteiger partial charge in [0.15, 0.2) is 0 Å². The highest BCUT2D eigenvalue weighted by Gasteiger charge is 2.22. The van der Waals surface area contributed by atoms with E-state index in [1.165, 1.54) is 18.6 Å². The molecule has 0 radical (unpaired) electrons. The number of hydrogen-bond donors (Lipinski definition) is 2. The van der Waals surface area contributed by atoms with Crippen LogP contribution in [0.2, 0.25) is 10.0 Å². The molecular weight excluding hydrogens is 327 g/mol. The van der Waals surface area contributed by atoms with Crippen LogP contribution in [0.3, 0.4) is 0 Å². The SMILES string of the molecule is O=C(Nc1c(Cl)cncc1Cl)C(=O)c1c[nH]c2ncccc12. The number of amides is 1. The molecular formula is C14H8Cl2N4O2. The second kappa shape index (κ2) is 5.75. The fraction of sp³-hybridized carbons (Fsp3) is 0. The van der Waals surface area contributed by atoms with Gasteiger partial charge in [-0.05, 0) is 12.1 Å². The first-order valence-corrected chi connectivity index (χ1v) is 6.90. The van der Waals surface area contributed by atoms with E-state index < -0.39 is 11.7 Å². The van der Waals surface area contributed by atoms with Crippen molar-refractivity contribution in [2.75, 3.05) is 5.32 Å². The molecule has 3 aromatic rings. The zero-order chi connectivity index (χ0) is 15.7. The minimum atomic E-state index is -0.847. The minimum absolute atomic E-state index is 0.147. The molecule has 0 spiro atoms. The van der Waals surface area contributed by atoms with Crippen molar-refractivity contribution < 1.29 is 9.59 Å². The molecule has 0 aromatic carbocycles. The Morgan fingerprint density at radius 1 is 1.18 bits per heavy atom. The van der Waals surface area contributed by atoms with E-state index in [2.05, 4.69) is 20.3 Å². The molecule has 0 saturated heterocycles. The maximum Gasteiger partial charge on any atom is 0.296 e. The number of aromatic nitrogens is 3. The Morgan fingerprint density at radius 3 is 2.64 bits per heavy atom. The average Bonchev–Trinajstić information content (AvgIpc) is 2.94. The van der Waals surface area contributed by atoms with Crippen molar-refractivity contribution in [1.29, 1.82) is 0 Å². The molecule has 3 rings (SSSR count). The van der Waals surface area contributed by atoms with Crippen LogP contribution < -0.4 is 5.32 Å². The highest BCUT2D eigenvalue weighted by Crippen LogP contribution is 2.28. The highest BCUT2D eigenvalue weighted by molar-refractivity contribution is 6.50. The molecule has 0 aliphatic carbocycles. The van der Waals surface area contributed by atoms with Gasteiger partial charge in [-0.3, -0.25) is 14.6 Å². The summed E-state index contributed by atoms with van der Waals surface area (Å²) >= 11 is 11.8. The molecule has 0 unspecified atom stereocenters. The van der Waals surface area contributed by atoms with Crippen LogP contribution in [-0.2, 0) is 4.79 Å². The Hall–Kier alpha value is -2.44. The molecule has 2 N–H and O–H groups in total. The first kappa shape index (κ1) is 14.5.